The second-order valence-corrected chi connectivity index (χ2v) is 3.50. The van der Waals surface area contributed by atoms with E-state index in [1.165, 1.54) is 0 Å². The van der Waals surface area contributed by atoms with Gasteiger partial charge < -0.3 is 0 Å². The average Bonchev–Trinajstić information content (AvgIpc) is 2.39. The molecule has 0 N–H and O–H groups in total. The van der Waals surface area contributed by atoms with Gasteiger partial charge >= 0.3 is 0 Å². The van der Waals surface area contributed by atoms with E-state index < -0.39 is 0 Å². The second-order valence-electron chi connectivity index (χ2n) is 3.50. The Bertz CT molecular complexity index is 620. The van der Waals surface area contributed by atoms with E-state index in [0.29, 0.717) is 0 Å². The van der Waals surface area contributed by atoms with Crippen LogP contribution in [0.25, 0.3) is 22.3 Å². The largest absolute Gasteiger partial charge is 0.246 e. The number of nitrogens with zero attached hydrogens (tertiary/aromatic N) is 3. The molecular weight excluding hydrogens is 198 g/mol. The van der Waals surface area contributed by atoms with Crippen LogP contribution in [0.3, 0.4) is 0 Å². The van der Waals surface area contributed by atoms with Gasteiger partial charge in [-0.05, 0) is 24.3 Å². The highest BCUT2D eigenvalue weighted by atomic mass is 15.1. The van der Waals surface area contributed by atoms with Crippen molar-refractivity contribution in [1.29, 1.82) is 0 Å². The lowest BCUT2D eigenvalue weighted by Gasteiger charge is -2.00. The lowest BCUT2D eigenvalue weighted by atomic mass is 10.2. The Balaban J connectivity index is 2.19. The van der Waals surface area contributed by atoms with Crippen molar-refractivity contribution in [2.24, 2.45) is 0 Å². The van der Waals surface area contributed by atoms with Crippen LogP contribution in [0, 0.1) is 0 Å². The fourth-order valence-corrected chi connectivity index (χ4v) is 1.65. The van der Waals surface area contributed by atoms with Crippen LogP contribution in [0.1, 0.15) is 0 Å². The third-order valence-corrected chi connectivity index (χ3v) is 2.43. The zero-order valence-electron chi connectivity index (χ0n) is 8.54. The molecule has 3 aromatic rings. The zero-order chi connectivity index (χ0) is 10.8. The molecule has 0 unspecified atom stereocenters. The predicted octanol–water partition coefficient (Wildman–Crippen LogP) is 2.69. The minimum Gasteiger partial charge on any atom is -0.246 e. The van der Waals surface area contributed by atoms with Crippen molar-refractivity contribution >= 4 is 10.9 Å². The van der Waals surface area contributed by atoms with Gasteiger partial charge in [0.2, 0.25) is 0 Å². The first-order valence-electron chi connectivity index (χ1n) is 5.07. The van der Waals surface area contributed by atoms with Gasteiger partial charge in [-0.15, -0.1) is 5.10 Å². The van der Waals surface area contributed by atoms with E-state index in [9.17, 15) is 0 Å². The van der Waals surface area contributed by atoms with Crippen LogP contribution in [0.4, 0.5) is 0 Å². The molecule has 3 nitrogen and oxygen atoms in total. The van der Waals surface area contributed by atoms with Crippen LogP contribution >= 0.6 is 0 Å². The molecule has 76 valence electrons. The topological polar surface area (TPSA) is 38.7 Å². The number of para-hydroxylation sites is 1. The standard InChI is InChI=1S/C13H9N3/c1-2-5-11-10(4-1)7-8-12(15-11)13-6-3-9-14-16-13/h1-9H. The Hall–Kier alpha value is -2.29. The molecule has 0 fully saturated rings. The quantitative estimate of drug-likeness (QED) is 0.615. The van der Waals surface area contributed by atoms with Gasteiger partial charge in [0.1, 0.15) is 5.69 Å². The number of hydrogen-bond donors (Lipinski definition) is 0. The maximum atomic E-state index is 4.54. The molecule has 3 rings (SSSR count). The molecular formula is C13H9N3. The Morgan fingerprint density at radius 3 is 2.56 bits per heavy atom. The van der Waals surface area contributed by atoms with Gasteiger partial charge in [-0.2, -0.15) is 5.10 Å². The first-order valence-corrected chi connectivity index (χ1v) is 5.07. The summed E-state index contributed by atoms with van der Waals surface area (Å²) in [6.45, 7) is 0. The summed E-state index contributed by atoms with van der Waals surface area (Å²) in [7, 11) is 0. The summed E-state index contributed by atoms with van der Waals surface area (Å²) in [5.74, 6) is 0. The highest BCUT2D eigenvalue weighted by Gasteiger charge is 2.01. The van der Waals surface area contributed by atoms with Crippen LogP contribution in [-0.4, -0.2) is 15.2 Å². The molecule has 1 aromatic carbocycles. The van der Waals surface area contributed by atoms with E-state index in [2.05, 4.69) is 15.2 Å². The predicted molar refractivity (Wildman–Crippen MR) is 62.8 cm³/mol. The van der Waals surface area contributed by atoms with Crippen molar-refractivity contribution in [3.63, 3.8) is 0 Å². The molecule has 0 spiro atoms. The maximum Gasteiger partial charge on any atom is 0.111 e. The van der Waals surface area contributed by atoms with E-state index in [1.807, 2.05) is 48.5 Å². The summed E-state index contributed by atoms with van der Waals surface area (Å²) < 4.78 is 0. The molecule has 0 radical (unpaired) electrons. The Morgan fingerprint density at radius 2 is 1.69 bits per heavy atom. The van der Waals surface area contributed by atoms with Gasteiger partial charge in [0.25, 0.3) is 0 Å². The van der Waals surface area contributed by atoms with Gasteiger partial charge in [-0.1, -0.05) is 24.3 Å². The molecule has 0 saturated heterocycles. The highest BCUT2D eigenvalue weighted by Crippen LogP contribution is 2.18. The SMILES string of the molecule is c1cnnc(-c2ccc3ccccc3n2)c1. The molecule has 2 aromatic heterocycles. The first kappa shape index (κ1) is 8.97. The summed E-state index contributed by atoms with van der Waals surface area (Å²) in [4.78, 5) is 4.54. The summed E-state index contributed by atoms with van der Waals surface area (Å²) in [5.41, 5.74) is 2.63. The van der Waals surface area contributed by atoms with Gasteiger partial charge in [0, 0.05) is 11.6 Å². The van der Waals surface area contributed by atoms with Crippen LogP contribution in [0.15, 0.2) is 54.7 Å². The molecule has 0 atom stereocenters. The van der Waals surface area contributed by atoms with E-state index in [1.54, 1.807) is 6.20 Å². The van der Waals surface area contributed by atoms with E-state index in [4.69, 9.17) is 0 Å². The van der Waals surface area contributed by atoms with E-state index >= 15 is 0 Å². The molecule has 3 heteroatoms. The van der Waals surface area contributed by atoms with Crippen molar-refractivity contribution in [2.75, 3.05) is 0 Å². The van der Waals surface area contributed by atoms with Crippen molar-refractivity contribution < 1.29 is 0 Å². The fraction of sp³-hybridized carbons (Fsp3) is 0. The number of rotatable bonds is 1. The normalized spacial score (nSPS) is 10.5. The number of pyridine rings is 1. The van der Waals surface area contributed by atoms with Crippen LogP contribution < -0.4 is 0 Å². The molecule has 0 aliphatic heterocycles. The smallest absolute Gasteiger partial charge is 0.111 e. The minimum atomic E-state index is 0.799. The highest BCUT2D eigenvalue weighted by molar-refractivity contribution is 5.80. The molecule has 0 bridgehead atoms. The van der Waals surface area contributed by atoms with Gasteiger partial charge in [0.15, 0.2) is 0 Å². The Labute approximate surface area is 92.8 Å². The zero-order valence-corrected chi connectivity index (χ0v) is 8.54. The summed E-state index contributed by atoms with van der Waals surface area (Å²) >= 11 is 0. The lowest BCUT2D eigenvalue weighted by Crippen LogP contribution is -1.89. The van der Waals surface area contributed by atoms with Crippen LogP contribution in [-0.2, 0) is 0 Å². The average molecular weight is 207 g/mol. The van der Waals surface area contributed by atoms with Crippen molar-refractivity contribution in [1.82, 2.24) is 15.2 Å². The molecule has 2 heterocycles. The number of benzene rings is 1. The summed E-state index contributed by atoms with van der Waals surface area (Å²) in [5, 5.41) is 9.03. The second kappa shape index (κ2) is 3.70. The first-order chi connectivity index (χ1) is 7.93. The molecule has 0 amide bonds. The minimum absolute atomic E-state index is 0.799. The van der Waals surface area contributed by atoms with Crippen molar-refractivity contribution in [3.8, 4) is 11.4 Å². The fourth-order valence-electron chi connectivity index (χ4n) is 1.65. The van der Waals surface area contributed by atoms with Crippen molar-refractivity contribution in [2.45, 2.75) is 0 Å². The third kappa shape index (κ3) is 1.52. The van der Waals surface area contributed by atoms with Gasteiger partial charge in [0.05, 0.1) is 11.2 Å². The molecule has 0 saturated carbocycles. The lowest BCUT2D eigenvalue weighted by molar-refractivity contribution is 1.03. The third-order valence-electron chi connectivity index (χ3n) is 2.43. The van der Waals surface area contributed by atoms with E-state index in [-0.39, 0.29) is 0 Å². The van der Waals surface area contributed by atoms with Gasteiger partial charge in [-0.25, -0.2) is 4.98 Å². The van der Waals surface area contributed by atoms with Crippen LogP contribution in [0.5, 0.6) is 0 Å². The molecule has 16 heavy (non-hydrogen) atoms. The van der Waals surface area contributed by atoms with Crippen molar-refractivity contribution in [3.05, 3.63) is 54.7 Å². The monoisotopic (exact) mass is 207 g/mol. The number of aromatic nitrogens is 3. The Kier molecular flexibility index (Phi) is 2.07. The van der Waals surface area contributed by atoms with Crippen LogP contribution in [0.2, 0.25) is 0 Å². The molecule has 0 aliphatic rings. The van der Waals surface area contributed by atoms with E-state index in [0.717, 1.165) is 22.3 Å². The summed E-state index contributed by atoms with van der Waals surface area (Å²) in [6.07, 6.45) is 1.66. The Morgan fingerprint density at radius 1 is 0.750 bits per heavy atom. The number of hydrogen-bond acceptors (Lipinski definition) is 3. The maximum absolute atomic E-state index is 4.54. The van der Waals surface area contributed by atoms with Gasteiger partial charge in [-0.3, -0.25) is 0 Å². The summed E-state index contributed by atoms with van der Waals surface area (Å²) in [6, 6.07) is 15.8. The molecule has 0 aliphatic carbocycles. The number of fused-ring (bicyclic) bond motifs is 1.